The number of hydrogen-bond donors (Lipinski definition) is 1. The summed E-state index contributed by atoms with van der Waals surface area (Å²) in [5.74, 6) is 1.31. The second-order valence-corrected chi connectivity index (χ2v) is 10.2. The number of nitrogens with one attached hydrogen (secondary N) is 1. The monoisotopic (exact) mass is 433 g/mol. The molecule has 0 spiro atoms. The molecule has 2 fully saturated rings. The molecule has 1 N–H and O–H groups in total. The van der Waals surface area contributed by atoms with Gasteiger partial charge in [-0.15, -0.1) is 11.3 Å². The van der Waals surface area contributed by atoms with Crippen molar-refractivity contribution in [3.8, 4) is 0 Å². The van der Waals surface area contributed by atoms with Crippen LogP contribution in [0.2, 0.25) is 0 Å². The first-order valence-corrected chi connectivity index (χ1v) is 12.0. The zero-order valence-electron chi connectivity index (χ0n) is 17.8. The first kappa shape index (κ1) is 21.3. The highest BCUT2D eigenvalue weighted by Crippen LogP contribution is 2.49. The molecule has 1 heterocycles. The Balaban J connectivity index is 1.35. The number of hydrogen-bond acceptors (Lipinski definition) is 6. The molecule has 4 atom stereocenters. The van der Waals surface area contributed by atoms with Crippen LogP contribution in [0.5, 0.6) is 0 Å². The third-order valence-electron chi connectivity index (χ3n) is 6.92. The molecule has 1 aromatic heterocycles. The Morgan fingerprint density at radius 2 is 1.97 bits per heavy atom. The average molecular weight is 434 g/mol. The van der Waals surface area contributed by atoms with E-state index in [1.807, 2.05) is 0 Å². The predicted octanol–water partition coefficient (Wildman–Crippen LogP) is 4.36. The van der Waals surface area contributed by atoms with Gasteiger partial charge in [0.25, 0.3) is 5.91 Å². The highest BCUT2D eigenvalue weighted by Gasteiger charge is 2.40. The van der Waals surface area contributed by atoms with Crippen LogP contribution in [-0.2, 0) is 31.9 Å². The van der Waals surface area contributed by atoms with Crippen LogP contribution in [0.3, 0.4) is 0 Å². The summed E-state index contributed by atoms with van der Waals surface area (Å²) >= 11 is 1.44. The molecular weight excluding hydrogens is 402 g/mol. The van der Waals surface area contributed by atoms with Crippen molar-refractivity contribution >= 4 is 34.2 Å². The maximum atomic E-state index is 12.5. The molecule has 0 aliphatic heterocycles. The molecular formula is C23H31NO5S. The molecule has 1 aromatic rings. The van der Waals surface area contributed by atoms with Crippen molar-refractivity contribution in [2.75, 3.05) is 18.5 Å². The van der Waals surface area contributed by atoms with Crippen molar-refractivity contribution in [3.05, 3.63) is 16.0 Å². The van der Waals surface area contributed by atoms with Crippen molar-refractivity contribution in [2.45, 2.75) is 65.2 Å². The maximum absolute atomic E-state index is 12.5. The highest BCUT2D eigenvalue weighted by molar-refractivity contribution is 7.17. The standard InChI is InChI=1S/C23H31NO5S/c1-3-28-23(27)21-17-7-4-13(2)8-18(17)30-22(21)24-19(25)12-29-20(26)11-16-10-14-5-6-15(16)9-14/h13-16H,3-12H2,1-2H3,(H,24,25)/t13-,14+,15-,16+/m1/s1. The molecule has 0 aromatic carbocycles. The van der Waals surface area contributed by atoms with E-state index in [-0.39, 0.29) is 19.2 Å². The van der Waals surface area contributed by atoms with Gasteiger partial charge < -0.3 is 14.8 Å². The first-order valence-electron chi connectivity index (χ1n) is 11.2. The number of ether oxygens (including phenoxy) is 2. The third kappa shape index (κ3) is 4.56. The van der Waals surface area contributed by atoms with Gasteiger partial charge in [-0.3, -0.25) is 9.59 Å². The number of anilines is 1. The zero-order chi connectivity index (χ0) is 21.3. The number of thiophene rings is 1. The fourth-order valence-corrected chi connectivity index (χ4v) is 6.88. The topological polar surface area (TPSA) is 81.7 Å². The number of rotatable bonds is 7. The Hall–Kier alpha value is -1.89. The number of esters is 2. The van der Waals surface area contributed by atoms with E-state index in [1.165, 1.54) is 30.6 Å². The van der Waals surface area contributed by atoms with E-state index in [9.17, 15) is 14.4 Å². The van der Waals surface area contributed by atoms with E-state index in [1.54, 1.807) is 6.92 Å². The number of carbonyl (C=O) groups excluding carboxylic acids is 3. The van der Waals surface area contributed by atoms with Crippen LogP contribution in [0.15, 0.2) is 0 Å². The molecule has 1 amide bonds. The van der Waals surface area contributed by atoms with Crippen molar-refractivity contribution in [2.24, 2.45) is 23.7 Å². The molecule has 4 rings (SSSR count). The van der Waals surface area contributed by atoms with Gasteiger partial charge in [-0.1, -0.05) is 13.3 Å². The van der Waals surface area contributed by atoms with E-state index in [0.717, 1.165) is 42.0 Å². The van der Waals surface area contributed by atoms with Gasteiger partial charge in [0.1, 0.15) is 5.00 Å². The SMILES string of the molecule is CCOC(=O)c1c(NC(=O)COC(=O)C[C@@H]2C[C@H]3CC[C@@H]2C3)sc2c1CC[C@@H](C)C2. The molecule has 2 bridgehead atoms. The van der Waals surface area contributed by atoms with Gasteiger partial charge in [-0.05, 0) is 74.7 Å². The lowest BCUT2D eigenvalue weighted by Gasteiger charge is -2.20. The lowest BCUT2D eigenvalue weighted by molar-refractivity contribution is -0.148. The third-order valence-corrected chi connectivity index (χ3v) is 8.09. The maximum Gasteiger partial charge on any atom is 0.341 e. The van der Waals surface area contributed by atoms with E-state index >= 15 is 0 Å². The van der Waals surface area contributed by atoms with Crippen LogP contribution < -0.4 is 5.32 Å². The fraction of sp³-hybridized carbons (Fsp3) is 0.696. The van der Waals surface area contributed by atoms with Gasteiger partial charge in [0.05, 0.1) is 12.2 Å². The van der Waals surface area contributed by atoms with Crippen LogP contribution in [0, 0.1) is 23.7 Å². The summed E-state index contributed by atoms with van der Waals surface area (Å²) in [5, 5.41) is 3.31. The Bertz CT molecular complexity index is 832. The van der Waals surface area contributed by atoms with E-state index in [4.69, 9.17) is 9.47 Å². The molecule has 2 saturated carbocycles. The number of amides is 1. The summed E-state index contributed by atoms with van der Waals surface area (Å²) in [6, 6.07) is 0. The van der Waals surface area contributed by atoms with Gasteiger partial charge in [0.2, 0.25) is 0 Å². The second-order valence-electron chi connectivity index (χ2n) is 9.12. The van der Waals surface area contributed by atoms with Gasteiger partial charge in [0.15, 0.2) is 6.61 Å². The average Bonchev–Trinajstić information content (AvgIpc) is 3.40. The van der Waals surface area contributed by atoms with Crippen LogP contribution in [0.4, 0.5) is 5.00 Å². The fourth-order valence-electron chi connectivity index (χ4n) is 5.47. The van der Waals surface area contributed by atoms with Crippen molar-refractivity contribution in [1.82, 2.24) is 0 Å². The predicted molar refractivity (Wildman–Crippen MR) is 115 cm³/mol. The van der Waals surface area contributed by atoms with E-state index < -0.39 is 11.9 Å². The number of fused-ring (bicyclic) bond motifs is 3. The molecule has 30 heavy (non-hydrogen) atoms. The molecule has 3 aliphatic carbocycles. The van der Waals surface area contributed by atoms with Gasteiger partial charge in [-0.2, -0.15) is 0 Å². The molecule has 0 radical (unpaired) electrons. The minimum Gasteiger partial charge on any atom is -0.462 e. The van der Waals surface area contributed by atoms with Gasteiger partial charge >= 0.3 is 11.9 Å². The Morgan fingerprint density at radius 1 is 1.13 bits per heavy atom. The van der Waals surface area contributed by atoms with E-state index in [0.29, 0.717) is 34.7 Å². The van der Waals surface area contributed by atoms with E-state index in [2.05, 4.69) is 12.2 Å². The minimum atomic E-state index is -0.409. The molecule has 0 saturated heterocycles. The van der Waals surface area contributed by atoms with Crippen molar-refractivity contribution < 1.29 is 23.9 Å². The highest BCUT2D eigenvalue weighted by atomic mass is 32.1. The van der Waals surface area contributed by atoms with Crippen LogP contribution >= 0.6 is 11.3 Å². The summed E-state index contributed by atoms with van der Waals surface area (Å²) in [5.41, 5.74) is 1.48. The summed E-state index contributed by atoms with van der Waals surface area (Å²) < 4.78 is 10.5. The smallest absolute Gasteiger partial charge is 0.341 e. The lowest BCUT2D eigenvalue weighted by atomic mass is 9.86. The van der Waals surface area contributed by atoms with Gasteiger partial charge in [0, 0.05) is 11.3 Å². The Kier molecular flexibility index (Phi) is 6.46. The Morgan fingerprint density at radius 3 is 2.67 bits per heavy atom. The summed E-state index contributed by atoms with van der Waals surface area (Å²) in [6.45, 7) is 3.93. The molecule has 6 nitrogen and oxygen atoms in total. The normalized spacial score (nSPS) is 26.9. The quantitative estimate of drug-likeness (QED) is 0.646. The van der Waals surface area contributed by atoms with Crippen molar-refractivity contribution in [3.63, 3.8) is 0 Å². The molecule has 164 valence electrons. The Labute approximate surface area is 181 Å². The van der Waals surface area contributed by atoms with Gasteiger partial charge in [-0.25, -0.2) is 4.79 Å². The number of carbonyl (C=O) groups is 3. The summed E-state index contributed by atoms with van der Waals surface area (Å²) in [6.07, 6.45) is 8.03. The largest absolute Gasteiger partial charge is 0.462 e. The minimum absolute atomic E-state index is 0.286. The summed E-state index contributed by atoms with van der Waals surface area (Å²) in [4.78, 5) is 38.3. The molecule has 7 heteroatoms. The lowest BCUT2D eigenvalue weighted by Crippen LogP contribution is -2.23. The van der Waals surface area contributed by atoms with Crippen LogP contribution in [-0.4, -0.2) is 31.1 Å². The van der Waals surface area contributed by atoms with Crippen LogP contribution in [0.25, 0.3) is 0 Å². The molecule has 0 unspecified atom stereocenters. The van der Waals surface area contributed by atoms with Crippen molar-refractivity contribution in [1.29, 1.82) is 0 Å². The first-order chi connectivity index (χ1) is 14.4. The zero-order valence-corrected chi connectivity index (χ0v) is 18.6. The summed E-state index contributed by atoms with van der Waals surface area (Å²) in [7, 11) is 0. The molecule has 3 aliphatic rings. The second kappa shape index (κ2) is 9.08. The van der Waals surface area contributed by atoms with Crippen LogP contribution in [0.1, 0.15) is 73.2 Å².